The highest BCUT2D eigenvalue weighted by molar-refractivity contribution is 6.07. The average Bonchev–Trinajstić information content (AvgIpc) is 2.70. The van der Waals surface area contributed by atoms with E-state index < -0.39 is 38.7 Å². The van der Waals surface area contributed by atoms with Gasteiger partial charge < -0.3 is 10.2 Å². The van der Waals surface area contributed by atoms with Gasteiger partial charge in [0.2, 0.25) is 0 Å². The number of aromatic hydroxyl groups is 1. The number of aromatic carboxylic acids is 1. The number of aryl methyl sites for hydroxylation is 1. The van der Waals surface area contributed by atoms with Gasteiger partial charge in [0.15, 0.2) is 5.75 Å². The Morgan fingerprint density at radius 1 is 0.938 bits per heavy atom. The van der Waals surface area contributed by atoms with Gasteiger partial charge in [0, 0.05) is 12.1 Å². The third kappa shape index (κ3) is 3.88. The molecule has 3 rings (SSSR count). The standard InChI is InChI=1S/C22H16N2O8/c1-11-7-19(25)17(23(29)30)9-15(11)21(13-5-3-4-6-14(13)22(27)28)16-10-18(24(31)32)20(26)8-12(16)2/h3-10,25H,1-2H3,(H,27,28). The number of nitro benzene ring substituents is 1. The van der Waals surface area contributed by atoms with Crippen molar-refractivity contribution in [2.24, 2.45) is 0 Å². The first-order valence-corrected chi connectivity index (χ1v) is 9.17. The van der Waals surface area contributed by atoms with Crippen LogP contribution in [0.3, 0.4) is 0 Å². The number of carboxylic acid groups (broad SMARTS) is 1. The van der Waals surface area contributed by atoms with Crippen molar-refractivity contribution in [1.29, 1.82) is 0 Å². The Kier molecular flexibility index (Phi) is 5.71. The van der Waals surface area contributed by atoms with Gasteiger partial charge >= 0.3 is 17.4 Å². The Morgan fingerprint density at radius 3 is 2.12 bits per heavy atom. The molecule has 0 unspecified atom stereocenters. The number of phenolic OH excluding ortho intramolecular Hbond substituents is 1. The molecule has 32 heavy (non-hydrogen) atoms. The molecule has 0 amide bonds. The van der Waals surface area contributed by atoms with E-state index in [1.54, 1.807) is 13.0 Å². The second kappa shape index (κ2) is 8.26. The van der Waals surface area contributed by atoms with Crippen LogP contribution in [0.5, 0.6) is 5.75 Å². The van der Waals surface area contributed by atoms with Gasteiger partial charge in [0.25, 0.3) is 5.78 Å². The number of rotatable bonds is 5. The van der Waals surface area contributed by atoms with Crippen molar-refractivity contribution < 1.29 is 29.6 Å². The Labute approximate surface area is 180 Å². The summed E-state index contributed by atoms with van der Waals surface area (Å²) in [5, 5.41) is 42.5. The van der Waals surface area contributed by atoms with Crippen molar-refractivity contribution in [2.45, 2.75) is 13.8 Å². The third-order valence-electron chi connectivity index (χ3n) is 4.99. The van der Waals surface area contributed by atoms with E-state index in [0.717, 1.165) is 24.3 Å². The van der Waals surface area contributed by atoms with Crippen LogP contribution in [0.2, 0.25) is 0 Å². The molecular weight excluding hydrogens is 420 g/mol. The largest absolute Gasteiger partial charge is 0.502 e. The average molecular weight is 436 g/mol. The molecule has 1 aliphatic carbocycles. The maximum absolute atomic E-state index is 12.1. The lowest BCUT2D eigenvalue weighted by atomic mass is 9.83. The Bertz CT molecular complexity index is 1300. The molecule has 0 atom stereocenters. The summed E-state index contributed by atoms with van der Waals surface area (Å²) < 4.78 is 0. The van der Waals surface area contributed by atoms with E-state index in [2.05, 4.69) is 0 Å². The topological polar surface area (TPSA) is 161 Å². The second-order valence-electron chi connectivity index (χ2n) is 7.03. The summed E-state index contributed by atoms with van der Waals surface area (Å²) in [7, 11) is 0. The number of carboxylic acids is 1. The number of allylic oxidation sites excluding steroid dienone is 4. The van der Waals surface area contributed by atoms with Crippen molar-refractivity contribution in [3.8, 4) is 5.75 Å². The monoisotopic (exact) mass is 436 g/mol. The molecule has 10 nitrogen and oxygen atoms in total. The highest BCUT2D eigenvalue weighted by atomic mass is 16.6. The molecule has 0 bridgehead atoms. The zero-order valence-electron chi connectivity index (χ0n) is 16.9. The van der Waals surface area contributed by atoms with E-state index in [9.17, 15) is 40.0 Å². The lowest BCUT2D eigenvalue weighted by molar-refractivity contribution is -0.418. The van der Waals surface area contributed by atoms with Crippen LogP contribution < -0.4 is 0 Å². The minimum Gasteiger partial charge on any atom is -0.502 e. The Hall–Kier alpha value is -4.60. The van der Waals surface area contributed by atoms with Crippen LogP contribution in [-0.4, -0.2) is 31.8 Å². The highest BCUT2D eigenvalue weighted by Gasteiger charge is 2.30. The molecule has 0 aromatic heterocycles. The Morgan fingerprint density at radius 2 is 1.56 bits per heavy atom. The van der Waals surface area contributed by atoms with E-state index in [-0.39, 0.29) is 27.8 Å². The minimum absolute atomic E-state index is 0.138. The normalized spacial score (nSPS) is 15.0. The first kappa shape index (κ1) is 22.1. The van der Waals surface area contributed by atoms with Crippen LogP contribution in [-0.2, 0) is 4.79 Å². The minimum atomic E-state index is -1.28. The molecule has 1 aliphatic rings. The first-order valence-electron chi connectivity index (χ1n) is 9.17. The summed E-state index contributed by atoms with van der Waals surface area (Å²) in [6, 6.07) is 8.07. The number of nitro groups is 2. The molecule has 2 aromatic carbocycles. The summed E-state index contributed by atoms with van der Waals surface area (Å²) in [4.78, 5) is 45.2. The fraction of sp³-hybridized carbons (Fsp3) is 0.0909. The van der Waals surface area contributed by atoms with E-state index in [0.29, 0.717) is 11.1 Å². The number of nitrogens with zero attached hydrogens (tertiary/aromatic N) is 2. The molecular formula is C22H16N2O8. The van der Waals surface area contributed by atoms with Gasteiger partial charge in [-0.25, -0.2) is 4.79 Å². The SMILES string of the molecule is CC1=CC(=O)C([N+](=O)[O-])=CC1=C(c1cc([N+](=O)[O-])c(O)cc1C)c1ccccc1C(=O)O. The molecule has 2 N–H and O–H groups in total. The molecule has 0 fully saturated rings. The molecule has 162 valence electrons. The van der Waals surface area contributed by atoms with Crippen LogP contribution in [0.4, 0.5) is 5.69 Å². The van der Waals surface area contributed by atoms with Gasteiger partial charge in [0.05, 0.1) is 15.4 Å². The van der Waals surface area contributed by atoms with E-state index >= 15 is 0 Å². The smallest absolute Gasteiger partial charge is 0.336 e. The molecule has 0 spiro atoms. The number of hydrogen-bond acceptors (Lipinski definition) is 7. The van der Waals surface area contributed by atoms with Gasteiger partial charge in [-0.15, -0.1) is 0 Å². The zero-order valence-corrected chi connectivity index (χ0v) is 16.9. The zero-order chi connectivity index (χ0) is 23.7. The van der Waals surface area contributed by atoms with Crippen molar-refractivity contribution in [3.05, 3.63) is 108 Å². The number of carbonyl (C=O) groups excluding carboxylic acids is 1. The van der Waals surface area contributed by atoms with Crippen LogP contribution in [0, 0.1) is 27.2 Å². The number of hydrogen-bond donors (Lipinski definition) is 2. The van der Waals surface area contributed by atoms with Gasteiger partial charge in [-0.3, -0.25) is 25.0 Å². The predicted octanol–water partition coefficient (Wildman–Crippen LogP) is 3.80. The maximum Gasteiger partial charge on any atom is 0.336 e. The maximum atomic E-state index is 12.1. The molecule has 0 aliphatic heterocycles. The molecule has 2 aromatic rings. The quantitative estimate of drug-likeness (QED) is 0.528. The fourth-order valence-electron chi connectivity index (χ4n) is 3.50. The van der Waals surface area contributed by atoms with Gasteiger partial charge in [-0.05, 0) is 65.5 Å². The lowest BCUT2D eigenvalue weighted by Crippen LogP contribution is -2.15. The predicted molar refractivity (Wildman–Crippen MR) is 113 cm³/mol. The van der Waals surface area contributed by atoms with Gasteiger partial charge in [-0.2, -0.15) is 0 Å². The molecule has 0 saturated heterocycles. The second-order valence-corrected chi connectivity index (χ2v) is 7.03. The summed E-state index contributed by atoms with van der Waals surface area (Å²) in [5.41, 5.74) is -0.200. The lowest BCUT2D eigenvalue weighted by Gasteiger charge is -2.20. The summed E-state index contributed by atoms with van der Waals surface area (Å²) in [5.74, 6) is -2.69. The molecule has 0 saturated carbocycles. The van der Waals surface area contributed by atoms with E-state index in [1.807, 2.05) is 0 Å². The highest BCUT2D eigenvalue weighted by Crippen LogP contribution is 2.40. The van der Waals surface area contributed by atoms with Gasteiger partial charge in [0.1, 0.15) is 0 Å². The molecule has 0 heterocycles. The van der Waals surface area contributed by atoms with Crippen LogP contribution in [0.25, 0.3) is 5.57 Å². The number of ketones is 1. The first-order chi connectivity index (χ1) is 15.0. The molecule has 10 heteroatoms. The van der Waals surface area contributed by atoms with Crippen LogP contribution >= 0.6 is 0 Å². The summed E-state index contributed by atoms with van der Waals surface area (Å²) in [6.07, 6.45) is 2.09. The summed E-state index contributed by atoms with van der Waals surface area (Å²) in [6.45, 7) is 3.07. The van der Waals surface area contributed by atoms with Crippen LogP contribution in [0.15, 0.2) is 65.4 Å². The van der Waals surface area contributed by atoms with Crippen molar-refractivity contribution >= 4 is 23.0 Å². The van der Waals surface area contributed by atoms with Crippen molar-refractivity contribution in [1.82, 2.24) is 0 Å². The van der Waals surface area contributed by atoms with Gasteiger partial charge in [-0.1, -0.05) is 18.2 Å². The third-order valence-corrected chi connectivity index (χ3v) is 4.99. The number of carbonyl (C=O) groups is 2. The van der Waals surface area contributed by atoms with Crippen LogP contribution in [0.1, 0.15) is 34.0 Å². The van der Waals surface area contributed by atoms with Crippen molar-refractivity contribution in [3.63, 3.8) is 0 Å². The number of phenols is 1. The van der Waals surface area contributed by atoms with Crippen molar-refractivity contribution in [2.75, 3.05) is 0 Å². The van der Waals surface area contributed by atoms with E-state index in [4.69, 9.17) is 0 Å². The Balaban J connectivity index is 2.53. The number of benzene rings is 2. The summed E-state index contributed by atoms with van der Waals surface area (Å²) >= 11 is 0. The molecule has 0 radical (unpaired) electrons. The fourth-order valence-corrected chi connectivity index (χ4v) is 3.50. The van der Waals surface area contributed by atoms with E-state index in [1.165, 1.54) is 25.1 Å².